The lowest BCUT2D eigenvalue weighted by Crippen LogP contribution is -2.39. The van der Waals surface area contributed by atoms with Crippen molar-refractivity contribution in [2.45, 2.75) is 26.3 Å². The van der Waals surface area contributed by atoms with Gasteiger partial charge in [-0.3, -0.25) is 4.79 Å². The number of carbonyl (C=O) groups is 2. The highest BCUT2D eigenvalue weighted by Gasteiger charge is 2.33. The topological polar surface area (TPSA) is 46.6 Å². The highest BCUT2D eigenvalue weighted by Crippen LogP contribution is 2.22. The van der Waals surface area contributed by atoms with Crippen LogP contribution in [-0.2, 0) is 14.3 Å². The van der Waals surface area contributed by atoms with Gasteiger partial charge in [-0.2, -0.15) is 0 Å². The van der Waals surface area contributed by atoms with E-state index in [2.05, 4.69) is 11.7 Å². The second kappa shape index (κ2) is 3.77. The van der Waals surface area contributed by atoms with Gasteiger partial charge in [0.1, 0.15) is 0 Å². The highest BCUT2D eigenvalue weighted by atomic mass is 16.5. The molecule has 4 nitrogen and oxygen atoms in total. The van der Waals surface area contributed by atoms with Crippen LogP contribution in [0.3, 0.4) is 0 Å². The average Bonchev–Trinajstić information content (AvgIpc) is 2.42. The molecule has 0 spiro atoms. The van der Waals surface area contributed by atoms with E-state index in [1.165, 1.54) is 7.11 Å². The van der Waals surface area contributed by atoms with Crippen molar-refractivity contribution < 1.29 is 14.3 Å². The molecule has 13 heavy (non-hydrogen) atoms. The van der Waals surface area contributed by atoms with E-state index in [0.29, 0.717) is 12.5 Å². The Morgan fingerprint density at radius 2 is 2.00 bits per heavy atom. The molecule has 1 heterocycles. The summed E-state index contributed by atoms with van der Waals surface area (Å²) < 4.78 is 4.38. The lowest BCUT2D eigenvalue weighted by molar-refractivity contribution is -0.158. The number of amides is 1. The predicted octanol–water partition coefficient (Wildman–Crippen LogP) is 0.416. The molecule has 0 saturated carbocycles. The summed E-state index contributed by atoms with van der Waals surface area (Å²) in [5.74, 6) is -0.802. The van der Waals surface area contributed by atoms with Crippen molar-refractivity contribution in [2.75, 3.05) is 13.7 Å². The van der Waals surface area contributed by atoms with Crippen molar-refractivity contribution in [3.63, 3.8) is 0 Å². The van der Waals surface area contributed by atoms with Crippen molar-refractivity contribution in [1.82, 2.24) is 4.90 Å². The van der Waals surface area contributed by atoms with Gasteiger partial charge < -0.3 is 9.64 Å². The monoisotopic (exact) mass is 185 g/mol. The molecule has 2 unspecified atom stereocenters. The van der Waals surface area contributed by atoms with Crippen LogP contribution in [0.25, 0.3) is 0 Å². The molecule has 74 valence electrons. The lowest BCUT2D eigenvalue weighted by Gasteiger charge is -2.19. The SMILES string of the molecule is COC(=O)C(=O)N1CC(C)CC1C. The Bertz CT molecular complexity index is 227. The normalized spacial score (nSPS) is 27.5. The summed E-state index contributed by atoms with van der Waals surface area (Å²) in [6, 6.07) is 0.154. The lowest BCUT2D eigenvalue weighted by atomic mass is 10.1. The van der Waals surface area contributed by atoms with E-state index in [1.54, 1.807) is 4.90 Å². The Morgan fingerprint density at radius 1 is 1.38 bits per heavy atom. The molecule has 1 aliphatic heterocycles. The van der Waals surface area contributed by atoms with Gasteiger partial charge in [-0.05, 0) is 19.3 Å². The van der Waals surface area contributed by atoms with Crippen LogP contribution in [-0.4, -0.2) is 36.5 Å². The second-order valence-electron chi connectivity index (χ2n) is 3.64. The maximum atomic E-state index is 11.4. The standard InChI is InChI=1S/C9H15NO3/c1-6-4-7(2)10(5-6)8(11)9(12)13-3/h6-7H,4-5H2,1-3H3. The van der Waals surface area contributed by atoms with Gasteiger partial charge in [-0.1, -0.05) is 6.92 Å². The van der Waals surface area contributed by atoms with Crippen LogP contribution in [0.15, 0.2) is 0 Å². The Hall–Kier alpha value is -1.06. The van der Waals surface area contributed by atoms with E-state index in [4.69, 9.17) is 0 Å². The molecule has 1 fully saturated rings. The molecule has 2 atom stereocenters. The van der Waals surface area contributed by atoms with Gasteiger partial charge in [0.15, 0.2) is 0 Å². The largest absolute Gasteiger partial charge is 0.462 e. The fraction of sp³-hybridized carbons (Fsp3) is 0.778. The predicted molar refractivity (Wildman–Crippen MR) is 47.0 cm³/mol. The Kier molecular flexibility index (Phi) is 2.90. The molecule has 0 N–H and O–H groups in total. The number of ether oxygens (including phenoxy) is 1. The highest BCUT2D eigenvalue weighted by molar-refractivity contribution is 6.32. The molecule has 0 aromatic carbocycles. The van der Waals surface area contributed by atoms with E-state index in [1.807, 2.05) is 6.92 Å². The molecule has 1 rings (SSSR count). The third kappa shape index (κ3) is 1.99. The van der Waals surface area contributed by atoms with Crippen LogP contribution in [0.4, 0.5) is 0 Å². The minimum atomic E-state index is -0.763. The summed E-state index contributed by atoms with van der Waals surface area (Å²) in [4.78, 5) is 23.9. The molecular formula is C9H15NO3. The quantitative estimate of drug-likeness (QED) is 0.406. The van der Waals surface area contributed by atoms with Crippen LogP contribution in [0.2, 0.25) is 0 Å². The first kappa shape index (κ1) is 10.0. The fourth-order valence-corrected chi connectivity index (χ4v) is 1.79. The molecule has 1 amide bonds. The second-order valence-corrected chi connectivity index (χ2v) is 3.64. The van der Waals surface area contributed by atoms with Crippen molar-refractivity contribution >= 4 is 11.9 Å². The number of rotatable bonds is 0. The number of esters is 1. The van der Waals surface area contributed by atoms with Gasteiger partial charge in [-0.25, -0.2) is 4.79 Å². The van der Waals surface area contributed by atoms with Gasteiger partial charge in [-0.15, -0.1) is 0 Å². The van der Waals surface area contributed by atoms with Crippen LogP contribution in [0.1, 0.15) is 20.3 Å². The first-order valence-electron chi connectivity index (χ1n) is 4.45. The number of methoxy groups -OCH3 is 1. The number of likely N-dealkylation sites (tertiary alicyclic amines) is 1. The maximum Gasteiger partial charge on any atom is 0.396 e. The smallest absolute Gasteiger partial charge is 0.396 e. The van der Waals surface area contributed by atoms with E-state index >= 15 is 0 Å². The molecular weight excluding hydrogens is 170 g/mol. The van der Waals surface area contributed by atoms with Crippen molar-refractivity contribution in [1.29, 1.82) is 0 Å². The summed E-state index contributed by atoms with van der Waals surface area (Å²) in [5.41, 5.74) is 0. The van der Waals surface area contributed by atoms with E-state index in [-0.39, 0.29) is 6.04 Å². The number of nitrogens with zero attached hydrogens (tertiary/aromatic N) is 1. The molecule has 0 radical (unpaired) electrons. The van der Waals surface area contributed by atoms with Gasteiger partial charge in [0, 0.05) is 12.6 Å². The fourth-order valence-electron chi connectivity index (χ4n) is 1.79. The Labute approximate surface area is 77.8 Å². The van der Waals surface area contributed by atoms with Crippen LogP contribution < -0.4 is 0 Å². The van der Waals surface area contributed by atoms with E-state index in [9.17, 15) is 9.59 Å². The minimum Gasteiger partial charge on any atom is -0.462 e. The molecule has 0 aromatic heterocycles. The number of carbonyl (C=O) groups excluding carboxylic acids is 2. The van der Waals surface area contributed by atoms with Gasteiger partial charge in [0.05, 0.1) is 7.11 Å². The maximum absolute atomic E-state index is 11.4. The number of hydrogen-bond acceptors (Lipinski definition) is 3. The van der Waals surface area contributed by atoms with Crippen molar-refractivity contribution in [3.05, 3.63) is 0 Å². The van der Waals surface area contributed by atoms with Gasteiger partial charge in [0.25, 0.3) is 0 Å². The summed E-state index contributed by atoms with van der Waals surface area (Å²) >= 11 is 0. The minimum absolute atomic E-state index is 0.154. The van der Waals surface area contributed by atoms with Crippen LogP contribution in [0, 0.1) is 5.92 Å². The third-order valence-electron chi connectivity index (χ3n) is 2.40. The average molecular weight is 185 g/mol. The number of hydrogen-bond donors (Lipinski definition) is 0. The zero-order chi connectivity index (χ0) is 10.0. The molecule has 0 bridgehead atoms. The molecule has 1 saturated heterocycles. The van der Waals surface area contributed by atoms with Crippen molar-refractivity contribution in [2.24, 2.45) is 5.92 Å². The van der Waals surface area contributed by atoms with Crippen molar-refractivity contribution in [3.8, 4) is 0 Å². The molecule has 0 aromatic rings. The van der Waals surface area contributed by atoms with E-state index in [0.717, 1.165) is 6.42 Å². The summed E-state index contributed by atoms with van der Waals surface area (Å²) in [5, 5.41) is 0. The third-order valence-corrected chi connectivity index (χ3v) is 2.40. The van der Waals surface area contributed by atoms with Crippen LogP contribution >= 0.6 is 0 Å². The first-order valence-corrected chi connectivity index (χ1v) is 4.45. The zero-order valence-electron chi connectivity index (χ0n) is 8.24. The Balaban J connectivity index is 2.62. The van der Waals surface area contributed by atoms with E-state index < -0.39 is 11.9 Å². The molecule has 0 aliphatic carbocycles. The summed E-state index contributed by atoms with van der Waals surface area (Å²) in [7, 11) is 1.23. The summed E-state index contributed by atoms with van der Waals surface area (Å²) in [6.07, 6.45) is 0.961. The Morgan fingerprint density at radius 3 is 2.38 bits per heavy atom. The van der Waals surface area contributed by atoms with Gasteiger partial charge in [0.2, 0.25) is 0 Å². The van der Waals surface area contributed by atoms with Gasteiger partial charge >= 0.3 is 11.9 Å². The first-order chi connectivity index (χ1) is 6.06. The van der Waals surface area contributed by atoms with Crippen LogP contribution in [0.5, 0.6) is 0 Å². The zero-order valence-corrected chi connectivity index (χ0v) is 8.24. The molecule has 1 aliphatic rings. The molecule has 4 heteroatoms. The summed E-state index contributed by atoms with van der Waals surface area (Å²) in [6.45, 7) is 4.68.